The second-order valence-corrected chi connectivity index (χ2v) is 4.54. The summed E-state index contributed by atoms with van der Waals surface area (Å²) in [5.74, 6) is 0.582. The van der Waals surface area contributed by atoms with Crippen LogP contribution in [0, 0.1) is 5.92 Å². The highest BCUT2D eigenvalue weighted by Gasteiger charge is 2.31. The summed E-state index contributed by atoms with van der Waals surface area (Å²) >= 11 is 0. The highest BCUT2D eigenvalue weighted by molar-refractivity contribution is 4.86. The third kappa shape index (κ3) is 2.05. The van der Waals surface area contributed by atoms with Crippen LogP contribution >= 0.6 is 0 Å². The van der Waals surface area contributed by atoms with Gasteiger partial charge in [-0.25, -0.2) is 0 Å². The average molecular weight is 183 g/mol. The van der Waals surface area contributed by atoms with Crippen LogP contribution in [0.3, 0.4) is 0 Å². The number of piperidine rings is 1. The van der Waals surface area contributed by atoms with E-state index in [1.165, 1.54) is 51.6 Å². The van der Waals surface area contributed by atoms with Gasteiger partial charge in [0.2, 0.25) is 0 Å². The molecule has 76 valence electrons. The standard InChI is InChI=1S/C11H21NO/c13-9-10-5-4-6-11(10)12-7-2-1-3-8-12/h10-11,13H,1-9H2/t10-,11-/m0/s1. The zero-order chi connectivity index (χ0) is 9.10. The van der Waals surface area contributed by atoms with Crippen molar-refractivity contribution in [2.24, 2.45) is 5.92 Å². The van der Waals surface area contributed by atoms with E-state index in [9.17, 15) is 5.11 Å². The summed E-state index contributed by atoms with van der Waals surface area (Å²) in [6, 6.07) is 0.713. The topological polar surface area (TPSA) is 23.5 Å². The summed E-state index contributed by atoms with van der Waals surface area (Å²) in [7, 11) is 0. The van der Waals surface area contributed by atoms with E-state index < -0.39 is 0 Å². The zero-order valence-electron chi connectivity index (χ0n) is 8.41. The highest BCUT2D eigenvalue weighted by atomic mass is 16.3. The number of hydrogen-bond acceptors (Lipinski definition) is 2. The minimum Gasteiger partial charge on any atom is -0.396 e. The maximum atomic E-state index is 9.24. The van der Waals surface area contributed by atoms with Crippen molar-refractivity contribution in [3.05, 3.63) is 0 Å². The van der Waals surface area contributed by atoms with Crippen LogP contribution in [-0.2, 0) is 0 Å². The largest absolute Gasteiger partial charge is 0.396 e. The van der Waals surface area contributed by atoms with Gasteiger partial charge >= 0.3 is 0 Å². The van der Waals surface area contributed by atoms with Crippen molar-refractivity contribution < 1.29 is 5.11 Å². The summed E-state index contributed by atoms with van der Waals surface area (Å²) in [6.07, 6.45) is 8.05. The first-order valence-electron chi connectivity index (χ1n) is 5.76. The second kappa shape index (κ2) is 4.43. The lowest BCUT2D eigenvalue weighted by atomic mass is 10.0. The summed E-state index contributed by atoms with van der Waals surface area (Å²) in [4.78, 5) is 2.62. The summed E-state index contributed by atoms with van der Waals surface area (Å²) < 4.78 is 0. The number of aliphatic hydroxyl groups excluding tert-OH is 1. The molecule has 2 fully saturated rings. The van der Waals surface area contributed by atoms with E-state index in [4.69, 9.17) is 0 Å². The van der Waals surface area contributed by atoms with Gasteiger partial charge in [0.05, 0.1) is 0 Å². The molecule has 0 aromatic heterocycles. The molecule has 1 N–H and O–H groups in total. The Bertz CT molecular complexity index is 154. The lowest BCUT2D eigenvalue weighted by Gasteiger charge is -2.35. The third-order valence-corrected chi connectivity index (χ3v) is 3.71. The monoisotopic (exact) mass is 183 g/mol. The van der Waals surface area contributed by atoms with Crippen LogP contribution < -0.4 is 0 Å². The molecule has 2 nitrogen and oxygen atoms in total. The number of rotatable bonds is 2. The van der Waals surface area contributed by atoms with Crippen molar-refractivity contribution in [2.75, 3.05) is 19.7 Å². The van der Waals surface area contributed by atoms with Crippen molar-refractivity contribution in [1.29, 1.82) is 0 Å². The van der Waals surface area contributed by atoms with Crippen LogP contribution in [0.5, 0.6) is 0 Å². The summed E-state index contributed by atoms with van der Waals surface area (Å²) in [5.41, 5.74) is 0. The van der Waals surface area contributed by atoms with E-state index in [2.05, 4.69) is 4.90 Å². The van der Waals surface area contributed by atoms with Crippen molar-refractivity contribution in [3.8, 4) is 0 Å². The van der Waals surface area contributed by atoms with E-state index in [0.29, 0.717) is 18.6 Å². The fraction of sp³-hybridized carbons (Fsp3) is 1.00. The number of hydrogen-bond donors (Lipinski definition) is 1. The minimum absolute atomic E-state index is 0.404. The summed E-state index contributed by atoms with van der Waals surface area (Å²) in [6.45, 7) is 2.96. The van der Waals surface area contributed by atoms with Crippen LogP contribution in [0.2, 0.25) is 0 Å². The van der Waals surface area contributed by atoms with Gasteiger partial charge in [-0.1, -0.05) is 12.8 Å². The first-order valence-corrected chi connectivity index (χ1v) is 5.76. The van der Waals surface area contributed by atoms with Gasteiger partial charge in [-0.3, -0.25) is 0 Å². The molecule has 0 aromatic carbocycles. The van der Waals surface area contributed by atoms with Crippen molar-refractivity contribution >= 4 is 0 Å². The molecule has 2 atom stereocenters. The van der Waals surface area contributed by atoms with Crippen molar-refractivity contribution in [1.82, 2.24) is 4.90 Å². The Hall–Kier alpha value is -0.0800. The molecule has 2 aliphatic rings. The SMILES string of the molecule is OC[C@@H]1CCC[C@@H]1N1CCCCC1. The fourth-order valence-electron chi connectivity index (χ4n) is 2.96. The van der Waals surface area contributed by atoms with Crippen LogP contribution in [0.25, 0.3) is 0 Å². The second-order valence-electron chi connectivity index (χ2n) is 4.54. The van der Waals surface area contributed by atoms with Crippen LogP contribution in [0.4, 0.5) is 0 Å². The average Bonchev–Trinajstić information content (AvgIpc) is 2.67. The molecule has 1 saturated carbocycles. The van der Waals surface area contributed by atoms with Crippen LogP contribution in [0.15, 0.2) is 0 Å². The molecular formula is C11H21NO. The molecular weight excluding hydrogens is 162 g/mol. The van der Waals surface area contributed by atoms with Crippen LogP contribution in [0.1, 0.15) is 38.5 Å². The van der Waals surface area contributed by atoms with Gasteiger partial charge < -0.3 is 10.0 Å². The predicted molar refractivity (Wildman–Crippen MR) is 53.6 cm³/mol. The Morgan fingerprint density at radius 1 is 1.00 bits per heavy atom. The smallest absolute Gasteiger partial charge is 0.0474 e. The highest BCUT2D eigenvalue weighted by Crippen LogP contribution is 2.31. The van der Waals surface area contributed by atoms with Gasteiger partial charge in [0.25, 0.3) is 0 Å². The number of nitrogens with zero attached hydrogens (tertiary/aromatic N) is 1. The zero-order valence-corrected chi connectivity index (χ0v) is 8.41. The predicted octanol–water partition coefficient (Wildman–Crippen LogP) is 1.63. The Kier molecular flexibility index (Phi) is 3.23. The molecule has 1 aliphatic heterocycles. The van der Waals surface area contributed by atoms with Gasteiger partial charge in [-0.05, 0) is 44.7 Å². The Morgan fingerprint density at radius 2 is 1.77 bits per heavy atom. The molecule has 1 heterocycles. The Labute approximate surface area is 80.9 Å². The molecule has 1 aliphatic carbocycles. The third-order valence-electron chi connectivity index (χ3n) is 3.71. The number of likely N-dealkylation sites (tertiary alicyclic amines) is 1. The normalized spacial score (nSPS) is 36.7. The van der Waals surface area contributed by atoms with Gasteiger partial charge in [0.1, 0.15) is 0 Å². The van der Waals surface area contributed by atoms with Crippen molar-refractivity contribution in [3.63, 3.8) is 0 Å². The Balaban J connectivity index is 1.90. The number of aliphatic hydroxyl groups is 1. The molecule has 1 saturated heterocycles. The van der Waals surface area contributed by atoms with Gasteiger partial charge in [0.15, 0.2) is 0 Å². The molecule has 13 heavy (non-hydrogen) atoms. The molecule has 0 unspecified atom stereocenters. The van der Waals surface area contributed by atoms with E-state index in [1.807, 2.05) is 0 Å². The first kappa shape index (κ1) is 9.47. The van der Waals surface area contributed by atoms with E-state index in [1.54, 1.807) is 0 Å². The van der Waals surface area contributed by atoms with E-state index in [-0.39, 0.29) is 0 Å². The minimum atomic E-state index is 0.404. The lowest BCUT2D eigenvalue weighted by molar-refractivity contribution is 0.0996. The first-order chi connectivity index (χ1) is 6.42. The lowest BCUT2D eigenvalue weighted by Crippen LogP contribution is -2.42. The molecule has 2 heteroatoms. The van der Waals surface area contributed by atoms with Crippen LogP contribution in [-0.4, -0.2) is 35.7 Å². The maximum Gasteiger partial charge on any atom is 0.0474 e. The molecule has 0 bridgehead atoms. The summed E-state index contributed by atoms with van der Waals surface area (Å²) in [5, 5.41) is 9.24. The van der Waals surface area contributed by atoms with Gasteiger partial charge in [-0.15, -0.1) is 0 Å². The maximum absolute atomic E-state index is 9.24. The quantitative estimate of drug-likeness (QED) is 0.703. The molecule has 0 amide bonds. The van der Waals surface area contributed by atoms with E-state index >= 15 is 0 Å². The van der Waals surface area contributed by atoms with Crippen molar-refractivity contribution in [2.45, 2.75) is 44.6 Å². The Morgan fingerprint density at radius 3 is 2.46 bits per heavy atom. The van der Waals surface area contributed by atoms with E-state index in [0.717, 1.165) is 0 Å². The molecule has 2 rings (SSSR count). The fourth-order valence-corrected chi connectivity index (χ4v) is 2.96. The molecule has 0 spiro atoms. The van der Waals surface area contributed by atoms with Gasteiger partial charge in [-0.2, -0.15) is 0 Å². The van der Waals surface area contributed by atoms with Gasteiger partial charge in [0, 0.05) is 12.6 Å². The molecule has 0 aromatic rings. The molecule has 0 radical (unpaired) electrons.